The molecular weight excluding hydrogens is 198 g/mol. The van der Waals surface area contributed by atoms with Crippen molar-refractivity contribution < 1.29 is 5.11 Å². The first-order chi connectivity index (χ1) is 7.81. The summed E-state index contributed by atoms with van der Waals surface area (Å²) in [6.45, 7) is 0.0964. The van der Waals surface area contributed by atoms with Crippen molar-refractivity contribution in [2.24, 2.45) is 7.05 Å². The van der Waals surface area contributed by atoms with Crippen molar-refractivity contribution in [1.82, 2.24) is 4.57 Å². The fraction of sp³-hybridized carbons (Fsp3) is 0.143. The van der Waals surface area contributed by atoms with Gasteiger partial charge in [-0.3, -0.25) is 0 Å². The summed E-state index contributed by atoms with van der Waals surface area (Å²) in [6.07, 6.45) is 0. The minimum atomic E-state index is 0.0964. The van der Waals surface area contributed by atoms with Gasteiger partial charge in [0.15, 0.2) is 0 Å². The van der Waals surface area contributed by atoms with Crippen LogP contribution in [-0.2, 0) is 13.7 Å². The van der Waals surface area contributed by atoms with Gasteiger partial charge >= 0.3 is 0 Å². The van der Waals surface area contributed by atoms with Gasteiger partial charge in [-0.25, -0.2) is 0 Å². The zero-order valence-electron chi connectivity index (χ0n) is 9.14. The second-order valence-corrected chi connectivity index (χ2v) is 4.09. The normalized spacial score (nSPS) is 11.4. The molecule has 1 heterocycles. The number of hydrogen-bond donors (Lipinski definition) is 1. The first-order valence-corrected chi connectivity index (χ1v) is 5.38. The summed E-state index contributed by atoms with van der Waals surface area (Å²) in [5, 5.41) is 11.6. The molecule has 1 aromatic heterocycles. The zero-order chi connectivity index (χ0) is 11.1. The van der Waals surface area contributed by atoms with Crippen LogP contribution in [0, 0.1) is 0 Å². The summed E-state index contributed by atoms with van der Waals surface area (Å²) >= 11 is 0. The van der Waals surface area contributed by atoms with E-state index in [2.05, 4.69) is 35.9 Å². The molecule has 0 bridgehead atoms. The number of fused-ring (bicyclic) bond motifs is 3. The van der Waals surface area contributed by atoms with E-state index in [4.69, 9.17) is 5.11 Å². The number of aliphatic hydroxyl groups is 1. The van der Waals surface area contributed by atoms with Crippen molar-refractivity contribution in [3.05, 3.63) is 48.0 Å². The lowest BCUT2D eigenvalue weighted by Crippen LogP contribution is -1.87. The Labute approximate surface area is 93.7 Å². The van der Waals surface area contributed by atoms with Crippen molar-refractivity contribution in [3.63, 3.8) is 0 Å². The first kappa shape index (κ1) is 9.43. The predicted molar refractivity (Wildman–Crippen MR) is 66.3 cm³/mol. The fourth-order valence-corrected chi connectivity index (χ4v) is 2.31. The number of hydrogen-bond acceptors (Lipinski definition) is 1. The molecule has 3 aromatic rings. The van der Waals surface area contributed by atoms with Gasteiger partial charge < -0.3 is 9.67 Å². The Morgan fingerprint density at radius 3 is 2.56 bits per heavy atom. The maximum Gasteiger partial charge on any atom is 0.0682 e. The number of nitrogens with zero attached hydrogens (tertiary/aromatic N) is 1. The van der Waals surface area contributed by atoms with Crippen molar-refractivity contribution in [2.45, 2.75) is 6.61 Å². The Kier molecular flexibility index (Phi) is 1.98. The highest BCUT2D eigenvalue weighted by Crippen LogP contribution is 2.28. The van der Waals surface area contributed by atoms with E-state index in [0.29, 0.717) is 0 Å². The highest BCUT2D eigenvalue weighted by atomic mass is 16.3. The van der Waals surface area contributed by atoms with Crippen LogP contribution in [0.15, 0.2) is 42.5 Å². The number of para-hydroxylation sites is 1. The Balaban J connectivity index is 2.52. The molecule has 2 aromatic carbocycles. The molecule has 0 unspecified atom stereocenters. The molecule has 0 radical (unpaired) electrons. The Hall–Kier alpha value is -1.80. The largest absolute Gasteiger partial charge is 0.392 e. The molecule has 0 saturated heterocycles. The van der Waals surface area contributed by atoms with Crippen LogP contribution in [0.2, 0.25) is 0 Å². The van der Waals surface area contributed by atoms with Crippen LogP contribution < -0.4 is 0 Å². The molecule has 0 fully saturated rings. The summed E-state index contributed by atoms with van der Waals surface area (Å²) in [5.41, 5.74) is 3.40. The van der Waals surface area contributed by atoms with E-state index in [9.17, 15) is 0 Å². The van der Waals surface area contributed by atoms with E-state index >= 15 is 0 Å². The standard InChI is InChI=1S/C14H13NO/c1-15-13-5-3-2-4-11(13)12-8-10(9-16)6-7-14(12)15/h2-8,16H,9H2,1H3. The van der Waals surface area contributed by atoms with Crippen molar-refractivity contribution in [3.8, 4) is 0 Å². The molecule has 2 nitrogen and oxygen atoms in total. The lowest BCUT2D eigenvalue weighted by molar-refractivity contribution is 0.282. The van der Waals surface area contributed by atoms with Crippen LogP contribution >= 0.6 is 0 Å². The van der Waals surface area contributed by atoms with Gasteiger partial charge in [-0.2, -0.15) is 0 Å². The van der Waals surface area contributed by atoms with Crippen LogP contribution in [0.1, 0.15) is 5.56 Å². The van der Waals surface area contributed by atoms with E-state index in [1.807, 2.05) is 18.2 Å². The van der Waals surface area contributed by atoms with E-state index in [1.54, 1.807) is 0 Å². The molecule has 2 heteroatoms. The maximum atomic E-state index is 9.17. The first-order valence-electron chi connectivity index (χ1n) is 5.38. The summed E-state index contributed by atoms with van der Waals surface area (Å²) in [4.78, 5) is 0. The van der Waals surface area contributed by atoms with Crippen molar-refractivity contribution in [2.75, 3.05) is 0 Å². The Bertz CT molecular complexity index is 667. The van der Waals surface area contributed by atoms with Gasteiger partial charge in [-0.15, -0.1) is 0 Å². The maximum absolute atomic E-state index is 9.17. The van der Waals surface area contributed by atoms with E-state index in [1.165, 1.54) is 21.8 Å². The van der Waals surface area contributed by atoms with Gasteiger partial charge in [-0.05, 0) is 23.8 Å². The molecule has 3 rings (SSSR count). The van der Waals surface area contributed by atoms with Gasteiger partial charge in [0.2, 0.25) is 0 Å². The fourth-order valence-electron chi connectivity index (χ4n) is 2.31. The van der Waals surface area contributed by atoms with E-state index < -0.39 is 0 Å². The van der Waals surface area contributed by atoms with E-state index in [-0.39, 0.29) is 6.61 Å². The third kappa shape index (κ3) is 1.17. The number of benzene rings is 2. The molecule has 16 heavy (non-hydrogen) atoms. The van der Waals surface area contributed by atoms with Gasteiger partial charge in [0, 0.05) is 28.9 Å². The third-order valence-corrected chi connectivity index (χ3v) is 3.16. The molecular formula is C14H13NO. The lowest BCUT2D eigenvalue weighted by atomic mass is 10.1. The molecule has 0 spiro atoms. The molecule has 0 atom stereocenters. The second-order valence-electron chi connectivity index (χ2n) is 4.09. The molecule has 0 aliphatic rings. The monoisotopic (exact) mass is 211 g/mol. The van der Waals surface area contributed by atoms with Crippen LogP contribution in [0.25, 0.3) is 21.8 Å². The molecule has 0 amide bonds. The minimum absolute atomic E-state index is 0.0964. The van der Waals surface area contributed by atoms with Gasteiger partial charge in [0.05, 0.1) is 6.61 Å². The SMILES string of the molecule is Cn1c2ccccc2c2cc(CO)ccc21. The molecule has 0 saturated carbocycles. The molecule has 1 N–H and O–H groups in total. The minimum Gasteiger partial charge on any atom is -0.392 e. The number of aryl methyl sites for hydroxylation is 1. The van der Waals surface area contributed by atoms with Gasteiger partial charge in [0.1, 0.15) is 0 Å². The van der Waals surface area contributed by atoms with Gasteiger partial charge in [0.25, 0.3) is 0 Å². The van der Waals surface area contributed by atoms with Crippen LogP contribution in [0.5, 0.6) is 0 Å². The summed E-state index contributed by atoms with van der Waals surface area (Å²) < 4.78 is 2.19. The topological polar surface area (TPSA) is 25.2 Å². The summed E-state index contributed by atoms with van der Waals surface area (Å²) in [6, 6.07) is 14.5. The molecule has 0 aliphatic heterocycles. The molecule has 0 aliphatic carbocycles. The number of rotatable bonds is 1. The van der Waals surface area contributed by atoms with Gasteiger partial charge in [-0.1, -0.05) is 24.3 Å². The van der Waals surface area contributed by atoms with Crippen molar-refractivity contribution in [1.29, 1.82) is 0 Å². The quantitative estimate of drug-likeness (QED) is 0.658. The predicted octanol–water partition coefficient (Wildman–Crippen LogP) is 2.82. The second kappa shape index (κ2) is 3.35. The number of aliphatic hydroxyl groups excluding tert-OH is 1. The van der Waals surface area contributed by atoms with E-state index in [0.717, 1.165) is 5.56 Å². The average molecular weight is 211 g/mol. The van der Waals surface area contributed by atoms with Crippen molar-refractivity contribution >= 4 is 21.8 Å². The molecule has 80 valence electrons. The Morgan fingerprint density at radius 1 is 1.00 bits per heavy atom. The summed E-state index contributed by atoms with van der Waals surface area (Å²) in [5.74, 6) is 0. The lowest BCUT2D eigenvalue weighted by Gasteiger charge is -1.98. The highest BCUT2D eigenvalue weighted by molar-refractivity contribution is 6.08. The summed E-state index contributed by atoms with van der Waals surface area (Å²) in [7, 11) is 2.07. The Morgan fingerprint density at radius 2 is 1.75 bits per heavy atom. The van der Waals surface area contributed by atoms with Crippen LogP contribution in [-0.4, -0.2) is 9.67 Å². The van der Waals surface area contributed by atoms with Crippen LogP contribution in [0.3, 0.4) is 0 Å². The number of aromatic nitrogens is 1. The highest BCUT2D eigenvalue weighted by Gasteiger charge is 2.07. The zero-order valence-corrected chi connectivity index (χ0v) is 9.14. The third-order valence-electron chi connectivity index (χ3n) is 3.16. The average Bonchev–Trinajstić information content (AvgIpc) is 2.64. The van der Waals surface area contributed by atoms with Crippen LogP contribution in [0.4, 0.5) is 0 Å². The smallest absolute Gasteiger partial charge is 0.0682 e.